The SMILES string of the molecule is Cc1ccc(S(=O)(=O)C(C#N)=Cc2c(N3CCN(C)CC3)nc3ccccn3c2=O)cc1. The van der Waals surface area contributed by atoms with Gasteiger partial charge in [-0.05, 0) is 44.3 Å². The molecule has 0 unspecified atom stereocenters. The Labute approximate surface area is 186 Å². The van der Waals surface area contributed by atoms with Crippen LogP contribution in [-0.4, -0.2) is 55.9 Å². The standard InChI is InChI=1S/C23H23N5O3S/c1-17-6-8-18(9-7-17)32(30,31)19(16-24)15-20-22(27-13-11-26(2)12-14-27)25-21-5-3-4-10-28(21)23(20)29/h3-10,15H,11-14H2,1-2H3. The highest BCUT2D eigenvalue weighted by Gasteiger charge is 2.25. The van der Waals surface area contributed by atoms with Gasteiger partial charge in [-0.2, -0.15) is 5.26 Å². The van der Waals surface area contributed by atoms with Gasteiger partial charge in [0.2, 0.25) is 9.84 Å². The van der Waals surface area contributed by atoms with Crippen molar-refractivity contribution in [1.82, 2.24) is 14.3 Å². The minimum absolute atomic E-state index is 0.00546. The Kier molecular flexibility index (Phi) is 5.82. The zero-order valence-corrected chi connectivity index (χ0v) is 18.7. The number of benzene rings is 1. The van der Waals surface area contributed by atoms with Crippen molar-refractivity contribution in [3.63, 3.8) is 0 Å². The lowest BCUT2D eigenvalue weighted by Crippen LogP contribution is -2.45. The average molecular weight is 450 g/mol. The number of hydrogen-bond acceptors (Lipinski definition) is 7. The van der Waals surface area contributed by atoms with Crippen molar-refractivity contribution in [2.24, 2.45) is 0 Å². The van der Waals surface area contributed by atoms with Crippen LogP contribution < -0.4 is 10.5 Å². The third-order valence-corrected chi connectivity index (χ3v) is 7.24. The van der Waals surface area contributed by atoms with Crippen LogP contribution in [0.25, 0.3) is 11.7 Å². The topological polar surface area (TPSA) is 98.8 Å². The van der Waals surface area contributed by atoms with E-state index in [9.17, 15) is 18.5 Å². The molecule has 2 aromatic heterocycles. The number of anilines is 1. The Hall–Kier alpha value is -3.48. The number of nitrogens with zero attached hydrogens (tertiary/aromatic N) is 5. The average Bonchev–Trinajstić information content (AvgIpc) is 2.79. The molecule has 0 atom stereocenters. The molecule has 0 N–H and O–H groups in total. The fraction of sp³-hybridized carbons (Fsp3) is 0.261. The molecule has 9 heteroatoms. The lowest BCUT2D eigenvalue weighted by atomic mass is 10.2. The van der Waals surface area contributed by atoms with Gasteiger partial charge in [0, 0.05) is 32.4 Å². The largest absolute Gasteiger partial charge is 0.353 e. The second-order valence-electron chi connectivity index (χ2n) is 7.81. The van der Waals surface area contributed by atoms with E-state index in [4.69, 9.17) is 0 Å². The maximum Gasteiger partial charge on any atom is 0.267 e. The molecule has 0 spiro atoms. The molecule has 32 heavy (non-hydrogen) atoms. The lowest BCUT2D eigenvalue weighted by molar-refractivity contribution is 0.312. The lowest BCUT2D eigenvalue weighted by Gasteiger charge is -2.34. The Morgan fingerprint density at radius 1 is 1.09 bits per heavy atom. The quantitative estimate of drug-likeness (QED) is 0.563. The van der Waals surface area contributed by atoms with Gasteiger partial charge in [0.1, 0.15) is 22.4 Å². The molecule has 0 bridgehead atoms. The molecule has 1 fully saturated rings. The van der Waals surface area contributed by atoms with Crippen molar-refractivity contribution in [3.05, 3.63) is 75.0 Å². The first-order valence-corrected chi connectivity index (χ1v) is 11.7. The van der Waals surface area contributed by atoms with E-state index < -0.39 is 20.3 Å². The van der Waals surface area contributed by atoms with Crippen LogP contribution >= 0.6 is 0 Å². The molecule has 0 amide bonds. The number of likely N-dealkylation sites (N-methyl/N-ethyl adjacent to an activating group) is 1. The number of allylic oxidation sites excluding steroid dienone is 1. The molecule has 0 aliphatic carbocycles. The summed E-state index contributed by atoms with van der Waals surface area (Å²) in [6.45, 7) is 4.69. The second kappa shape index (κ2) is 8.57. The fourth-order valence-electron chi connectivity index (χ4n) is 3.62. The highest BCUT2D eigenvalue weighted by atomic mass is 32.2. The highest BCUT2D eigenvalue weighted by molar-refractivity contribution is 7.95. The van der Waals surface area contributed by atoms with Gasteiger partial charge in [0.15, 0.2) is 0 Å². The summed E-state index contributed by atoms with van der Waals surface area (Å²) in [6.07, 6.45) is 2.74. The van der Waals surface area contributed by atoms with Gasteiger partial charge < -0.3 is 9.80 Å². The molecule has 1 aliphatic rings. The van der Waals surface area contributed by atoms with Crippen molar-refractivity contribution in [1.29, 1.82) is 5.26 Å². The molecule has 3 heterocycles. The molecular formula is C23H23N5O3S. The number of aromatic nitrogens is 2. The smallest absolute Gasteiger partial charge is 0.267 e. The van der Waals surface area contributed by atoms with E-state index in [1.54, 1.807) is 42.6 Å². The van der Waals surface area contributed by atoms with E-state index in [2.05, 4.69) is 9.88 Å². The van der Waals surface area contributed by atoms with Gasteiger partial charge in [-0.15, -0.1) is 0 Å². The monoisotopic (exact) mass is 449 g/mol. The first-order chi connectivity index (χ1) is 15.3. The number of aryl methyl sites for hydroxylation is 1. The minimum Gasteiger partial charge on any atom is -0.353 e. The van der Waals surface area contributed by atoms with Gasteiger partial charge in [-0.1, -0.05) is 23.8 Å². The minimum atomic E-state index is -4.10. The summed E-state index contributed by atoms with van der Waals surface area (Å²) in [4.78, 5) is 21.7. The van der Waals surface area contributed by atoms with Crippen molar-refractivity contribution in [3.8, 4) is 6.07 Å². The fourth-order valence-corrected chi connectivity index (χ4v) is 4.76. The number of hydrogen-bond donors (Lipinski definition) is 0. The maximum atomic E-state index is 13.4. The predicted octanol–water partition coefficient (Wildman–Crippen LogP) is 2.09. The highest BCUT2D eigenvalue weighted by Crippen LogP contribution is 2.25. The first kappa shape index (κ1) is 21.7. The molecule has 1 aromatic carbocycles. The number of piperazine rings is 1. The molecule has 4 rings (SSSR count). The summed E-state index contributed by atoms with van der Waals surface area (Å²) >= 11 is 0. The summed E-state index contributed by atoms with van der Waals surface area (Å²) in [7, 11) is -2.08. The van der Waals surface area contributed by atoms with Gasteiger partial charge in [-0.3, -0.25) is 9.20 Å². The molecule has 0 radical (unpaired) electrons. The summed E-state index contributed by atoms with van der Waals surface area (Å²) in [5.41, 5.74) is 1.03. The van der Waals surface area contributed by atoms with Crippen LogP contribution in [0.5, 0.6) is 0 Å². The number of rotatable bonds is 4. The van der Waals surface area contributed by atoms with Crippen molar-refractivity contribution in [2.45, 2.75) is 11.8 Å². The van der Waals surface area contributed by atoms with Crippen LogP contribution in [-0.2, 0) is 9.84 Å². The van der Waals surface area contributed by atoms with Gasteiger partial charge in [-0.25, -0.2) is 13.4 Å². The van der Waals surface area contributed by atoms with Gasteiger partial charge in [0.05, 0.1) is 10.5 Å². The Balaban J connectivity index is 1.92. The van der Waals surface area contributed by atoms with Crippen LogP contribution in [0.3, 0.4) is 0 Å². The first-order valence-electron chi connectivity index (χ1n) is 10.2. The van der Waals surface area contributed by atoms with Crippen molar-refractivity contribution < 1.29 is 8.42 Å². The predicted molar refractivity (Wildman–Crippen MR) is 123 cm³/mol. The summed E-state index contributed by atoms with van der Waals surface area (Å²) in [6, 6.07) is 13.3. The third-order valence-electron chi connectivity index (χ3n) is 5.56. The van der Waals surface area contributed by atoms with Crippen molar-refractivity contribution in [2.75, 3.05) is 38.1 Å². The normalized spacial score (nSPS) is 15.7. The molecular weight excluding hydrogens is 426 g/mol. The number of pyridine rings is 1. The van der Waals surface area contributed by atoms with Crippen LogP contribution in [0.4, 0.5) is 5.82 Å². The number of fused-ring (bicyclic) bond motifs is 1. The Bertz CT molecular complexity index is 1390. The van der Waals surface area contributed by atoms with E-state index in [-0.39, 0.29) is 10.5 Å². The van der Waals surface area contributed by atoms with Gasteiger partial charge >= 0.3 is 0 Å². The van der Waals surface area contributed by atoms with Crippen LogP contribution in [0, 0.1) is 18.3 Å². The zero-order chi connectivity index (χ0) is 22.9. The molecule has 3 aromatic rings. The van der Waals surface area contributed by atoms with Crippen LogP contribution in [0.1, 0.15) is 11.1 Å². The molecule has 8 nitrogen and oxygen atoms in total. The van der Waals surface area contributed by atoms with Gasteiger partial charge in [0.25, 0.3) is 5.56 Å². The number of nitriles is 1. The molecule has 1 aliphatic heterocycles. The Morgan fingerprint density at radius 3 is 2.44 bits per heavy atom. The molecule has 0 saturated carbocycles. The van der Waals surface area contributed by atoms with E-state index in [1.165, 1.54) is 16.5 Å². The maximum absolute atomic E-state index is 13.4. The summed E-state index contributed by atoms with van der Waals surface area (Å²) in [5, 5.41) is 9.73. The van der Waals surface area contributed by atoms with E-state index in [1.807, 2.05) is 18.9 Å². The third kappa shape index (κ3) is 4.02. The zero-order valence-electron chi connectivity index (χ0n) is 17.9. The number of sulfone groups is 1. The van der Waals surface area contributed by atoms with E-state index in [0.29, 0.717) is 24.6 Å². The second-order valence-corrected chi connectivity index (χ2v) is 9.73. The molecule has 164 valence electrons. The van der Waals surface area contributed by atoms with Crippen LogP contribution in [0.15, 0.2) is 63.3 Å². The van der Waals surface area contributed by atoms with Crippen LogP contribution in [0.2, 0.25) is 0 Å². The summed E-state index contributed by atoms with van der Waals surface area (Å²) < 4.78 is 27.6. The molecule has 1 saturated heterocycles. The van der Waals surface area contributed by atoms with E-state index in [0.717, 1.165) is 24.7 Å². The van der Waals surface area contributed by atoms with Crippen molar-refractivity contribution >= 4 is 27.4 Å². The summed E-state index contributed by atoms with van der Waals surface area (Å²) in [5.74, 6) is 0.390. The van der Waals surface area contributed by atoms with E-state index >= 15 is 0 Å². The Morgan fingerprint density at radius 2 is 1.78 bits per heavy atom.